The molecule has 0 amide bonds. The fourth-order valence-electron chi connectivity index (χ4n) is 2.75. The predicted octanol–water partition coefficient (Wildman–Crippen LogP) is 2.96. The van der Waals surface area contributed by atoms with Crippen LogP contribution in [0, 0.1) is 5.41 Å². The fraction of sp³-hybridized carbons (Fsp3) is 0.571. The van der Waals surface area contributed by atoms with E-state index in [2.05, 4.69) is 49.2 Å². The van der Waals surface area contributed by atoms with Crippen molar-refractivity contribution in [3.05, 3.63) is 35.9 Å². The Bertz CT molecular complexity index is 306. The Kier molecular flexibility index (Phi) is 3.11. The Morgan fingerprint density at radius 1 is 1.27 bits per heavy atom. The quantitative estimate of drug-likeness (QED) is 0.730. The Labute approximate surface area is 93.1 Å². The molecule has 15 heavy (non-hydrogen) atoms. The molecule has 1 aromatic rings. The second-order valence-electron chi connectivity index (χ2n) is 5.00. The molecule has 1 aromatic carbocycles. The fourth-order valence-corrected chi connectivity index (χ4v) is 2.75. The van der Waals surface area contributed by atoms with Crippen LogP contribution in [-0.4, -0.2) is 25.0 Å². The number of benzene rings is 1. The van der Waals surface area contributed by atoms with Gasteiger partial charge in [0.05, 0.1) is 0 Å². The first-order chi connectivity index (χ1) is 7.24. The molecule has 0 aliphatic carbocycles. The summed E-state index contributed by atoms with van der Waals surface area (Å²) in [7, 11) is 2.24. The topological polar surface area (TPSA) is 3.24 Å². The third-order valence-electron chi connectivity index (χ3n) is 3.80. The van der Waals surface area contributed by atoms with Gasteiger partial charge < -0.3 is 4.90 Å². The van der Waals surface area contributed by atoms with Crippen molar-refractivity contribution in [1.29, 1.82) is 0 Å². The highest BCUT2D eigenvalue weighted by molar-refractivity contribution is 5.17. The summed E-state index contributed by atoms with van der Waals surface area (Å²) in [5.41, 5.74) is 2.03. The van der Waals surface area contributed by atoms with E-state index >= 15 is 0 Å². The average molecular weight is 203 g/mol. The zero-order valence-electron chi connectivity index (χ0n) is 9.87. The van der Waals surface area contributed by atoms with E-state index < -0.39 is 0 Å². The SMILES string of the molecule is CCC1(Cc2ccccc2)CCN(C)C1. The van der Waals surface area contributed by atoms with E-state index in [0.717, 1.165) is 0 Å². The lowest BCUT2D eigenvalue weighted by molar-refractivity contribution is 0.269. The van der Waals surface area contributed by atoms with Gasteiger partial charge in [-0.1, -0.05) is 37.3 Å². The highest BCUT2D eigenvalue weighted by Gasteiger charge is 2.34. The van der Waals surface area contributed by atoms with Gasteiger partial charge in [0.1, 0.15) is 0 Å². The van der Waals surface area contributed by atoms with E-state index in [1.54, 1.807) is 0 Å². The van der Waals surface area contributed by atoms with E-state index in [1.807, 2.05) is 0 Å². The molecule has 1 atom stereocenters. The van der Waals surface area contributed by atoms with Crippen LogP contribution in [0.1, 0.15) is 25.3 Å². The molecule has 1 unspecified atom stereocenters. The molecule has 2 rings (SSSR count). The summed E-state index contributed by atoms with van der Waals surface area (Å²) in [6.07, 6.45) is 3.90. The summed E-state index contributed by atoms with van der Waals surface area (Å²) >= 11 is 0. The van der Waals surface area contributed by atoms with Crippen LogP contribution in [0.5, 0.6) is 0 Å². The maximum absolute atomic E-state index is 2.46. The molecule has 0 bridgehead atoms. The standard InChI is InChI=1S/C14H21N/c1-3-14(9-10-15(2)12-14)11-13-7-5-4-6-8-13/h4-8H,3,9-12H2,1-2H3. The van der Waals surface area contributed by atoms with Crippen LogP contribution < -0.4 is 0 Å². The molecule has 0 saturated carbocycles. The third kappa shape index (κ3) is 2.40. The summed E-state index contributed by atoms with van der Waals surface area (Å²) in [4.78, 5) is 2.46. The Morgan fingerprint density at radius 3 is 2.53 bits per heavy atom. The third-order valence-corrected chi connectivity index (χ3v) is 3.80. The molecule has 1 heteroatoms. The summed E-state index contributed by atoms with van der Waals surface area (Å²) in [6, 6.07) is 10.9. The van der Waals surface area contributed by atoms with Crippen LogP contribution in [0.15, 0.2) is 30.3 Å². The van der Waals surface area contributed by atoms with Crippen molar-refractivity contribution in [2.24, 2.45) is 5.41 Å². The molecule has 1 saturated heterocycles. The van der Waals surface area contributed by atoms with Crippen molar-refractivity contribution < 1.29 is 0 Å². The van der Waals surface area contributed by atoms with E-state index in [0.29, 0.717) is 5.41 Å². The first kappa shape index (κ1) is 10.7. The van der Waals surface area contributed by atoms with Crippen molar-refractivity contribution in [2.45, 2.75) is 26.2 Å². The molecule has 0 N–H and O–H groups in total. The smallest absolute Gasteiger partial charge is 0.00385 e. The van der Waals surface area contributed by atoms with Crippen LogP contribution in [0.25, 0.3) is 0 Å². The summed E-state index contributed by atoms with van der Waals surface area (Å²) in [5.74, 6) is 0. The maximum atomic E-state index is 2.46. The molecule has 82 valence electrons. The summed E-state index contributed by atoms with van der Waals surface area (Å²) in [6.45, 7) is 4.86. The minimum absolute atomic E-state index is 0.538. The van der Waals surface area contributed by atoms with Gasteiger partial charge in [0.2, 0.25) is 0 Å². The Balaban J connectivity index is 2.09. The number of nitrogens with zero attached hydrogens (tertiary/aromatic N) is 1. The maximum Gasteiger partial charge on any atom is 0.00385 e. The van der Waals surface area contributed by atoms with Gasteiger partial charge in [0, 0.05) is 6.54 Å². The van der Waals surface area contributed by atoms with Crippen molar-refractivity contribution in [2.75, 3.05) is 20.1 Å². The first-order valence-corrected chi connectivity index (χ1v) is 5.97. The molecular formula is C14H21N. The van der Waals surface area contributed by atoms with Gasteiger partial charge in [-0.2, -0.15) is 0 Å². The number of likely N-dealkylation sites (tertiary alicyclic amines) is 1. The molecule has 1 heterocycles. The molecule has 1 fully saturated rings. The van der Waals surface area contributed by atoms with Gasteiger partial charge in [-0.25, -0.2) is 0 Å². The number of rotatable bonds is 3. The molecule has 0 radical (unpaired) electrons. The Hall–Kier alpha value is -0.820. The lowest BCUT2D eigenvalue weighted by atomic mass is 9.78. The molecule has 1 aliphatic rings. The second kappa shape index (κ2) is 4.36. The van der Waals surface area contributed by atoms with Crippen molar-refractivity contribution in [3.63, 3.8) is 0 Å². The van der Waals surface area contributed by atoms with Crippen molar-refractivity contribution >= 4 is 0 Å². The number of hydrogen-bond acceptors (Lipinski definition) is 1. The summed E-state index contributed by atoms with van der Waals surface area (Å²) < 4.78 is 0. The zero-order valence-corrected chi connectivity index (χ0v) is 9.87. The van der Waals surface area contributed by atoms with E-state index in [4.69, 9.17) is 0 Å². The lowest BCUT2D eigenvalue weighted by Crippen LogP contribution is -2.26. The van der Waals surface area contributed by atoms with Gasteiger partial charge in [-0.15, -0.1) is 0 Å². The highest BCUT2D eigenvalue weighted by atomic mass is 15.1. The van der Waals surface area contributed by atoms with Gasteiger partial charge in [0.25, 0.3) is 0 Å². The van der Waals surface area contributed by atoms with Gasteiger partial charge >= 0.3 is 0 Å². The van der Waals surface area contributed by atoms with Crippen molar-refractivity contribution in [3.8, 4) is 0 Å². The largest absolute Gasteiger partial charge is 0.306 e. The highest BCUT2D eigenvalue weighted by Crippen LogP contribution is 2.36. The first-order valence-electron chi connectivity index (χ1n) is 5.97. The van der Waals surface area contributed by atoms with Crippen LogP contribution >= 0.6 is 0 Å². The van der Waals surface area contributed by atoms with Gasteiger partial charge in [-0.3, -0.25) is 0 Å². The molecule has 0 spiro atoms. The zero-order chi connectivity index (χ0) is 10.7. The predicted molar refractivity (Wildman–Crippen MR) is 65.0 cm³/mol. The average Bonchev–Trinajstić information content (AvgIpc) is 2.62. The number of hydrogen-bond donors (Lipinski definition) is 0. The second-order valence-corrected chi connectivity index (χ2v) is 5.00. The normalized spacial score (nSPS) is 27.1. The van der Waals surface area contributed by atoms with Crippen LogP contribution in [0.2, 0.25) is 0 Å². The van der Waals surface area contributed by atoms with Crippen LogP contribution in [0.3, 0.4) is 0 Å². The van der Waals surface area contributed by atoms with E-state index in [9.17, 15) is 0 Å². The van der Waals surface area contributed by atoms with Gasteiger partial charge in [-0.05, 0) is 43.8 Å². The van der Waals surface area contributed by atoms with Gasteiger partial charge in [0.15, 0.2) is 0 Å². The molecule has 1 nitrogen and oxygen atoms in total. The minimum atomic E-state index is 0.538. The van der Waals surface area contributed by atoms with Crippen LogP contribution in [-0.2, 0) is 6.42 Å². The minimum Gasteiger partial charge on any atom is -0.306 e. The monoisotopic (exact) mass is 203 g/mol. The summed E-state index contributed by atoms with van der Waals surface area (Å²) in [5, 5.41) is 0. The van der Waals surface area contributed by atoms with Crippen molar-refractivity contribution in [1.82, 2.24) is 4.90 Å². The van der Waals surface area contributed by atoms with Crippen LogP contribution in [0.4, 0.5) is 0 Å². The molecule has 1 aliphatic heterocycles. The lowest BCUT2D eigenvalue weighted by Gasteiger charge is -2.27. The Morgan fingerprint density at radius 2 is 2.00 bits per heavy atom. The molecule has 0 aromatic heterocycles. The van der Waals surface area contributed by atoms with E-state index in [-0.39, 0.29) is 0 Å². The molecular weight excluding hydrogens is 182 g/mol. The van der Waals surface area contributed by atoms with E-state index in [1.165, 1.54) is 37.9 Å².